The van der Waals surface area contributed by atoms with Crippen LogP contribution in [0.25, 0.3) is 0 Å². The molecular weight excluding hydrogens is 200 g/mol. The lowest BCUT2D eigenvalue weighted by Gasteiger charge is -2.17. The van der Waals surface area contributed by atoms with E-state index in [-0.39, 0.29) is 5.75 Å². The van der Waals surface area contributed by atoms with E-state index in [0.717, 1.165) is 19.3 Å². The van der Waals surface area contributed by atoms with Crippen LogP contribution in [0.1, 0.15) is 52.9 Å². The fourth-order valence-corrected chi connectivity index (χ4v) is 1.86. The van der Waals surface area contributed by atoms with Crippen LogP contribution < -0.4 is 0 Å². The summed E-state index contributed by atoms with van der Waals surface area (Å²) in [5.41, 5.74) is 0.364. The van der Waals surface area contributed by atoms with Gasteiger partial charge < -0.3 is 0 Å². The van der Waals surface area contributed by atoms with E-state index in [1.165, 1.54) is 6.42 Å². The van der Waals surface area contributed by atoms with Gasteiger partial charge in [-0.05, 0) is 18.3 Å². The summed E-state index contributed by atoms with van der Waals surface area (Å²) in [7, 11) is -3.74. The van der Waals surface area contributed by atoms with Gasteiger partial charge in [0.1, 0.15) is 0 Å². The Labute approximate surface area is 87.7 Å². The van der Waals surface area contributed by atoms with Gasteiger partial charge in [0.15, 0.2) is 0 Å². The van der Waals surface area contributed by atoms with Crippen LogP contribution in [-0.2, 0) is 10.1 Å². The topological polar surface area (TPSA) is 54.4 Å². The smallest absolute Gasteiger partial charge is 0.264 e. The second kappa shape index (κ2) is 5.71. The van der Waals surface area contributed by atoms with Crippen LogP contribution in [0.2, 0.25) is 0 Å². The normalized spacial score (nSPS) is 13.1. The van der Waals surface area contributed by atoms with E-state index in [1.54, 1.807) is 0 Å². The van der Waals surface area contributed by atoms with E-state index in [0.29, 0.717) is 11.8 Å². The average molecular weight is 222 g/mol. The highest BCUT2D eigenvalue weighted by atomic mass is 32.2. The first-order chi connectivity index (χ1) is 6.21. The van der Waals surface area contributed by atoms with Gasteiger partial charge in [-0.1, -0.05) is 40.0 Å². The summed E-state index contributed by atoms with van der Waals surface area (Å²) >= 11 is 0. The van der Waals surface area contributed by atoms with Gasteiger partial charge in [-0.3, -0.25) is 4.55 Å². The Hall–Kier alpha value is -0.0900. The minimum absolute atomic E-state index is 0.0947. The maximum Gasteiger partial charge on any atom is 0.264 e. The lowest BCUT2D eigenvalue weighted by molar-refractivity contribution is 0.357. The zero-order chi connectivity index (χ0) is 11.2. The van der Waals surface area contributed by atoms with E-state index in [4.69, 9.17) is 4.55 Å². The molecule has 0 saturated heterocycles. The second-order valence-electron chi connectivity index (χ2n) is 5.01. The van der Waals surface area contributed by atoms with Crippen molar-refractivity contribution in [2.45, 2.75) is 52.9 Å². The fraction of sp³-hybridized carbons (Fsp3) is 1.00. The highest BCUT2D eigenvalue weighted by molar-refractivity contribution is 7.85. The van der Waals surface area contributed by atoms with E-state index >= 15 is 0 Å². The molecule has 0 unspecified atom stereocenters. The fourth-order valence-electron chi connectivity index (χ4n) is 1.29. The van der Waals surface area contributed by atoms with Crippen molar-refractivity contribution in [2.24, 2.45) is 5.41 Å². The van der Waals surface area contributed by atoms with Crippen LogP contribution >= 0.6 is 0 Å². The predicted octanol–water partition coefficient (Wildman–Crippen LogP) is 2.87. The highest BCUT2D eigenvalue weighted by Gasteiger charge is 2.09. The van der Waals surface area contributed by atoms with Crippen molar-refractivity contribution in [1.82, 2.24) is 0 Å². The third-order valence-electron chi connectivity index (χ3n) is 2.08. The SMILES string of the molecule is CC(C)(C)CCCCCCS(=O)(=O)O. The molecule has 14 heavy (non-hydrogen) atoms. The van der Waals surface area contributed by atoms with Gasteiger partial charge in [0.25, 0.3) is 10.1 Å². The highest BCUT2D eigenvalue weighted by Crippen LogP contribution is 2.22. The van der Waals surface area contributed by atoms with Crippen LogP contribution in [0.3, 0.4) is 0 Å². The summed E-state index contributed by atoms with van der Waals surface area (Å²) in [6.45, 7) is 6.60. The first kappa shape index (κ1) is 13.9. The zero-order valence-electron chi connectivity index (χ0n) is 9.41. The van der Waals surface area contributed by atoms with Crippen molar-refractivity contribution < 1.29 is 13.0 Å². The van der Waals surface area contributed by atoms with Gasteiger partial charge in [0, 0.05) is 0 Å². The number of rotatable bonds is 6. The van der Waals surface area contributed by atoms with Crippen molar-refractivity contribution in [3.05, 3.63) is 0 Å². The van der Waals surface area contributed by atoms with Gasteiger partial charge >= 0.3 is 0 Å². The Kier molecular flexibility index (Phi) is 5.67. The summed E-state index contributed by atoms with van der Waals surface area (Å²) in [5, 5.41) is 0. The van der Waals surface area contributed by atoms with Crippen LogP contribution in [0.5, 0.6) is 0 Å². The van der Waals surface area contributed by atoms with Gasteiger partial charge in [-0.25, -0.2) is 0 Å². The standard InChI is InChI=1S/C10H22O3S/c1-10(2,3)8-6-4-5-7-9-14(11,12)13/h4-9H2,1-3H3,(H,11,12,13). The number of hydrogen-bond acceptors (Lipinski definition) is 2. The van der Waals surface area contributed by atoms with Gasteiger partial charge in [0.05, 0.1) is 5.75 Å². The molecule has 86 valence electrons. The van der Waals surface area contributed by atoms with Crippen LogP contribution in [0.4, 0.5) is 0 Å². The Morgan fingerprint density at radius 3 is 1.93 bits per heavy atom. The Morgan fingerprint density at radius 2 is 1.50 bits per heavy atom. The number of hydrogen-bond donors (Lipinski definition) is 1. The molecule has 3 nitrogen and oxygen atoms in total. The van der Waals surface area contributed by atoms with E-state index in [2.05, 4.69) is 20.8 Å². The molecule has 0 atom stereocenters. The summed E-state index contributed by atoms with van der Waals surface area (Å²) in [6.07, 6.45) is 4.81. The van der Waals surface area contributed by atoms with Gasteiger partial charge in [0.2, 0.25) is 0 Å². The minimum Gasteiger partial charge on any atom is -0.286 e. The quantitative estimate of drug-likeness (QED) is 0.555. The number of unbranched alkanes of at least 4 members (excludes halogenated alkanes) is 3. The maximum absolute atomic E-state index is 10.4. The maximum atomic E-state index is 10.4. The predicted molar refractivity (Wildman–Crippen MR) is 59.0 cm³/mol. The van der Waals surface area contributed by atoms with Crippen molar-refractivity contribution in [3.63, 3.8) is 0 Å². The first-order valence-electron chi connectivity index (χ1n) is 5.16. The molecule has 1 N–H and O–H groups in total. The zero-order valence-corrected chi connectivity index (χ0v) is 10.2. The Morgan fingerprint density at radius 1 is 1.00 bits per heavy atom. The van der Waals surface area contributed by atoms with E-state index in [1.807, 2.05) is 0 Å². The van der Waals surface area contributed by atoms with Crippen molar-refractivity contribution in [3.8, 4) is 0 Å². The van der Waals surface area contributed by atoms with Crippen molar-refractivity contribution in [1.29, 1.82) is 0 Å². The molecule has 0 radical (unpaired) electrons. The van der Waals surface area contributed by atoms with E-state index in [9.17, 15) is 8.42 Å². The van der Waals surface area contributed by atoms with Crippen molar-refractivity contribution in [2.75, 3.05) is 5.75 Å². The molecule has 0 rings (SSSR count). The first-order valence-corrected chi connectivity index (χ1v) is 6.77. The summed E-state index contributed by atoms with van der Waals surface area (Å²) in [6, 6.07) is 0. The molecule has 0 aromatic carbocycles. The summed E-state index contributed by atoms with van der Waals surface area (Å²) < 4.78 is 29.2. The molecule has 0 amide bonds. The minimum atomic E-state index is -3.74. The molecule has 0 aromatic heterocycles. The van der Waals surface area contributed by atoms with Gasteiger partial charge in [-0.2, -0.15) is 8.42 Å². The molecule has 0 spiro atoms. The third-order valence-corrected chi connectivity index (χ3v) is 2.88. The molecule has 4 heteroatoms. The second-order valence-corrected chi connectivity index (χ2v) is 6.58. The largest absolute Gasteiger partial charge is 0.286 e. The molecule has 0 aromatic rings. The van der Waals surface area contributed by atoms with Crippen LogP contribution in [-0.4, -0.2) is 18.7 Å². The summed E-state index contributed by atoms with van der Waals surface area (Å²) in [5.74, 6) is -0.0947. The lowest BCUT2D eigenvalue weighted by Crippen LogP contribution is -2.05. The average Bonchev–Trinajstić information content (AvgIpc) is 1.92. The molecule has 0 heterocycles. The van der Waals surface area contributed by atoms with Crippen LogP contribution in [0, 0.1) is 5.41 Å². The molecule has 0 aliphatic heterocycles. The van der Waals surface area contributed by atoms with Gasteiger partial charge in [-0.15, -0.1) is 0 Å². The summed E-state index contributed by atoms with van der Waals surface area (Å²) in [4.78, 5) is 0. The molecular formula is C10H22O3S. The Balaban J connectivity index is 3.32. The van der Waals surface area contributed by atoms with E-state index < -0.39 is 10.1 Å². The molecule has 0 aliphatic carbocycles. The molecule has 0 aliphatic rings. The third kappa shape index (κ3) is 11.9. The lowest BCUT2D eigenvalue weighted by atomic mass is 9.89. The monoisotopic (exact) mass is 222 g/mol. The molecule has 0 bridgehead atoms. The van der Waals surface area contributed by atoms with Crippen molar-refractivity contribution >= 4 is 10.1 Å². The molecule has 0 saturated carbocycles. The Bertz CT molecular complexity index is 237. The van der Waals surface area contributed by atoms with Crippen LogP contribution in [0.15, 0.2) is 0 Å². The molecule has 0 fully saturated rings.